The average Bonchev–Trinajstić information content (AvgIpc) is 2.68. The predicted octanol–water partition coefficient (Wildman–Crippen LogP) is 3.21. The normalized spacial score (nSPS) is 13.7. The third-order valence-corrected chi connectivity index (χ3v) is 4.66. The highest BCUT2D eigenvalue weighted by atomic mass is 35.5. The van der Waals surface area contributed by atoms with Crippen molar-refractivity contribution in [1.29, 1.82) is 0 Å². The number of morpholine rings is 1. The Morgan fingerprint density at radius 2 is 1.93 bits per heavy atom. The molecule has 1 aliphatic heterocycles. The van der Waals surface area contributed by atoms with Gasteiger partial charge >= 0.3 is 0 Å². The molecule has 2 N–H and O–H groups in total. The molecule has 146 valence electrons. The van der Waals surface area contributed by atoms with Gasteiger partial charge in [0.15, 0.2) is 5.11 Å². The number of hydrogen-bond donors (Lipinski definition) is 2. The molecule has 1 amide bonds. The van der Waals surface area contributed by atoms with Crippen molar-refractivity contribution in [2.24, 2.45) is 0 Å². The van der Waals surface area contributed by atoms with Gasteiger partial charge in [0.05, 0.1) is 28.7 Å². The number of carbonyl (C=O) groups excluding carboxylic acids is 1. The Bertz CT molecular complexity index is 918. The SMILES string of the molecule is O=C(NC(=S)Nc1ccc(N2CCOCC2)c([N+](=O)[O-])c1)c1ccccc1Cl. The zero-order chi connectivity index (χ0) is 20.1. The maximum Gasteiger partial charge on any atom is 0.294 e. The molecule has 3 rings (SSSR count). The van der Waals surface area contributed by atoms with Crippen LogP contribution in [-0.4, -0.2) is 42.2 Å². The van der Waals surface area contributed by atoms with Crippen molar-refractivity contribution in [2.75, 3.05) is 36.5 Å². The number of nitrogens with one attached hydrogen (secondary N) is 2. The van der Waals surface area contributed by atoms with E-state index in [9.17, 15) is 14.9 Å². The maximum atomic E-state index is 12.3. The van der Waals surface area contributed by atoms with Crippen molar-refractivity contribution in [2.45, 2.75) is 0 Å². The molecule has 0 bridgehead atoms. The number of rotatable bonds is 4. The Hall–Kier alpha value is -2.75. The molecule has 1 saturated heterocycles. The summed E-state index contributed by atoms with van der Waals surface area (Å²) in [5, 5.41) is 17.1. The quantitative estimate of drug-likeness (QED) is 0.445. The predicted molar refractivity (Wildman–Crippen MR) is 111 cm³/mol. The second kappa shape index (κ2) is 8.96. The van der Waals surface area contributed by atoms with Gasteiger partial charge in [-0.05, 0) is 36.5 Å². The minimum absolute atomic E-state index is 0.0124. The third kappa shape index (κ3) is 4.75. The van der Waals surface area contributed by atoms with Crippen LogP contribution < -0.4 is 15.5 Å². The third-order valence-electron chi connectivity index (χ3n) is 4.13. The molecule has 0 unspecified atom stereocenters. The number of carbonyl (C=O) groups is 1. The number of hydrogen-bond acceptors (Lipinski definition) is 6. The van der Waals surface area contributed by atoms with E-state index in [-0.39, 0.29) is 16.4 Å². The molecule has 0 aliphatic carbocycles. The monoisotopic (exact) mass is 420 g/mol. The first kappa shape index (κ1) is 20.0. The van der Waals surface area contributed by atoms with Crippen LogP contribution >= 0.6 is 23.8 Å². The fourth-order valence-corrected chi connectivity index (χ4v) is 3.23. The van der Waals surface area contributed by atoms with Crippen molar-refractivity contribution in [1.82, 2.24) is 5.32 Å². The minimum Gasteiger partial charge on any atom is -0.378 e. The molecule has 0 atom stereocenters. The maximum absolute atomic E-state index is 12.3. The van der Waals surface area contributed by atoms with Gasteiger partial charge in [0, 0.05) is 24.8 Å². The summed E-state index contributed by atoms with van der Waals surface area (Å²) in [4.78, 5) is 25.2. The van der Waals surface area contributed by atoms with Gasteiger partial charge in [0.2, 0.25) is 0 Å². The molecule has 1 heterocycles. The number of nitro benzene ring substituents is 1. The number of nitrogens with zero attached hydrogens (tertiary/aromatic N) is 2. The standard InChI is InChI=1S/C18H17ClN4O4S/c19-14-4-2-1-3-13(14)17(24)21-18(28)20-12-5-6-15(16(11-12)23(25)26)22-7-9-27-10-8-22/h1-6,11H,7-10H2,(H2,20,21,24,28). The molecule has 1 fully saturated rings. The second-order valence-electron chi connectivity index (χ2n) is 5.95. The van der Waals surface area contributed by atoms with Crippen molar-refractivity contribution in [3.05, 3.63) is 63.2 Å². The summed E-state index contributed by atoms with van der Waals surface area (Å²) in [6, 6.07) is 11.3. The molecule has 0 radical (unpaired) electrons. The Morgan fingerprint density at radius 3 is 2.61 bits per heavy atom. The van der Waals surface area contributed by atoms with E-state index in [1.165, 1.54) is 6.07 Å². The van der Waals surface area contributed by atoms with E-state index in [2.05, 4.69) is 10.6 Å². The highest BCUT2D eigenvalue weighted by Gasteiger charge is 2.22. The molecule has 8 nitrogen and oxygen atoms in total. The molecule has 1 aliphatic rings. The van der Waals surface area contributed by atoms with Gasteiger partial charge in [-0.2, -0.15) is 0 Å². The van der Waals surface area contributed by atoms with E-state index in [0.29, 0.717) is 42.7 Å². The van der Waals surface area contributed by atoms with Crippen LogP contribution in [0.25, 0.3) is 0 Å². The van der Waals surface area contributed by atoms with E-state index in [1.807, 2.05) is 4.90 Å². The van der Waals surface area contributed by atoms with Gasteiger partial charge in [-0.25, -0.2) is 0 Å². The Balaban J connectivity index is 1.72. The largest absolute Gasteiger partial charge is 0.378 e. The van der Waals surface area contributed by atoms with Crippen LogP contribution in [0.1, 0.15) is 10.4 Å². The number of amides is 1. The Kier molecular flexibility index (Phi) is 6.40. The summed E-state index contributed by atoms with van der Waals surface area (Å²) in [5.74, 6) is -0.470. The Morgan fingerprint density at radius 1 is 1.21 bits per heavy atom. The van der Waals surface area contributed by atoms with Crippen molar-refractivity contribution in [3.8, 4) is 0 Å². The zero-order valence-corrected chi connectivity index (χ0v) is 16.3. The van der Waals surface area contributed by atoms with E-state index < -0.39 is 10.8 Å². The highest BCUT2D eigenvalue weighted by Crippen LogP contribution is 2.31. The summed E-state index contributed by atoms with van der Waals surface area (Å²) in [5.41, 5.74) is 1.15. The first-order valence-corrected chi connectivity index (χ1v) is 9.22. The number of halogens is 1. The highest BCUT2D eigenvalue weighted by molar-refractivity contribution is 7.80. The van der Waals surface area contributed by atoms with Gasteiger partial charge in [0.1, 0.15) is 5.69 Å². The summed E-state index contributed by atoms with van der Waals surface area (Å²) < 4.78 is 5.29. The molecule has 0 aromatic heterocycles. The smallest absolute Gasteiger partial charge is 0.294 e. The van der Waals surface area contributed by atoms with Crippen LogP contribution in [0, 0.1) is 10.1 Å². The Labute approximate surface area is 171 Å². The second-order valence-corrected chi connectivity index (χ2v) is 6.76. The van der Waals surface area contributed by atoms with Gasteiger partial charge in [0.25, 0.3) is 11.6 Å². The zero-order valence-electron chi connectivity index (χ0n) is 14.7. The molecule has 0 saturated carbocycles. The average molecular weight is 421 g/mol. The van der Waals surface area contributed by atoms with Gasteiger partial charge in [-0.15, -0.1) is 0 Å². The molecular formula is C18H17ClN4O4S. The van der Waals surface area contributed by atoms with Crippen LogP contribution in [0.5, 0.6) is 0 Å². The minimum atomic E-state index is -0.470. The first-order valence-electron chi connectivity index (χ1n) is 8.43. The lowest BCUT2D eigenvalue weighted by Crippen LogP contribution is -2.36. The van der Waals surface area contributed by atoms with Crippen molar-refractivity contribution < 1.29 is 14.5 Å². The van der Waals surface area contributed by atoms with Crippen LogP contribution in [0.2, 0.25) is 5.02 Å². The lowest BCUT2D eigenvalue weighted by molar-refractivity contribution is -0.384. The molecule has 0 spiro atoms. The number of thiocarbonyl (C=S) groups is 1. The lowest BCUT2D eigenvalue weighted by atomic mass is 10.2. The molecule has 2 aromatic rings. The molecule has 10 heteroatoms. The summed E-state index contributed by atoms with van der Waals surface area (Å²) >= 11 is 11.1. The lowest BCUT2D eigenvalue weighted by Gasteiger charge is -2.28. The van der Waals surface area contributed by atoms with Crippen LogP contribution in [-0.2, 0) is 4.74 Å². The topological polar surface area (TPSA) is 96.7 Å². The van der Waals surface area contributed by atoms with Crippen LogP contribution in [0.15, 0.2) is 42.5 Å². The number of nitro groups is 1. The van der Waals surface area contributed by atoms with E-state index in [0.717, 1.165) is 0 Å². The van der Waals surface area contributed by atoms with Gasteiger partial charge in [-0.3, -0.25) is 20.2 Å². The van der Waals surface area contributed by atoms with Crippen LogP contribution in [0.3, 0.4) is 0 Å². The number of ether oxygens (including phenoxy) is 1. The summed E-state index contributed by atoms with van der Waals surface area (Å²) in [6.45, 7) is 2.21. The number of anilines is 2. The fraction of sp³-hybridized carbons (Fsp3) is 0.222. The van der Waals surface area contributed by atoms with E-state index in [4.69, 9.17) is 28.6 Å². The summed E-state index contributed by atoms with van der Waals surface area (Å²) in [6.07, 6.45) is 0. The molecule has 28 heavy (non-hydrogen) atoms. The number of benzene rings is 2. The van der Waals surface area contributed by atoms with Gasteiger partial charge in [-0.1, -0.05) is 23.7 Å². The van der Waals surface area contributed by atoms with Crippen molar-refractivity contribution >= 4 is 51.9 Å². The van der Waals surface area contributed by atoms with Crippen molar-refractivity contribution in [3.63, 3.8) is 0 Å². The summed E-state index contributed by atoms with van der Waals surface area (Å²) in [7, 11) is 0. The first-order chi connectivity index (χ1) is 13.5. The van der Waals surface area contributed by atoms with E-state index in [1.54, 1.807) is 36.4 Å². The van der Waals surface area contributed by atoms with Gasteiger partial charge < -0.3 is 15.0 Å². The van der Waals surface area contributed by atoms with Crippen LogP contribution in [0.4, 0.5) is 17.1 Å². The van der Waals surface area contributed by atoms with E-state index >= 15 is 0 Å². The molecular weight excluding hydrogens is 404 g/mol. The fourth-order valence-electron chi connectivity index (χ4n) is 2.80. The molecule has 2 aromatic carbocycles.